The van der Waals surface area contributed by atoms with Crippen molar-refractivity contribution in [3.8, 4) is 5.75 Å². The lowest BCUT2D eigenvalue weighted by Gasteiger charge is -2.20. The summed E-state index contributed by atoms with van der Waals surface area (Å²) in [6, 6.07) is 6.79. The molecule has 1 N–H and O–H groups in total. The predicted molar refractivity (Wildman–Crippen MR) is 106 cm³/mol. The van der Waals surface area contributed by atoms with Gasteiger partial charge in [0.25, 0.3) is 10.0 Å². The lowest BCUT2D eigenvalue weighted by Crippen LogP contribution is -2.25. The summed E-state index contributed by atoms with van der Waals surface area (Å²) in [6.45, 7) is 5.69. The first kappa shape index (κ1) is 19.4. The lowest BCUT2D eigenvalue weighted by atomic mass is 10.1. The quantitative estimate of drug-likeness (QED) is 0.843. The topological polar surface area (TPSA) is 84.4 Å². The number of aryl methyl sites for hydroxylation is 2. The molecule has 3 rings (SSSR count). The van der Waals surface area contributed by atoms with E-state index in [9.17, 15) is 8.42 Å². The second-order valence-corrected chi connectivity index (χ2v) is 8.52. The number of aromatic nitrogens is 2. The highest BCUT2D eigenvalue weighted by Crippen LogP contribution is 2.28. The van der Waals surface area contributed by atoms with Gasteiger partial charge >= 0.3 is 0 Å². The van der Waals surface area contributed by atoms with E-state index in [0.717, 1.165) is 42.9 Å². The van der Waals surface area contributed by atoms with E-state index in [4.69, 9.17) is 4.74 Å². The first-order chi connectivity index (χ1) is 12.9. The number of rotatable bonds is 5. The Morgan fingerprint density at radius 2 is 1.67 bits per heavy atom. The summed E-state index contributed by atoms with van der Waals surface area (Å²) in [5.74, 6) is 1.28. The number of nitrogens with zero attached hydrogens (tertiary/aromatic N) is 3. The number of sulfonamides is 1. The summed E-state index contributed by atoms with van der Waals surface area (Å²) in [7, 11) is -2.37. The largest absolute Gasteiger partial charge is 0.495 e. The zero-order chi connectivity index (χ0) is 19.4. The summed E-state index contributed by atoms with van der Waals surface area (Å²) < 4.78 is 33.4. The number of benzene rings is 1. The zero-order valence-electron chi connectivity index (χ0n) is 16.0. The minimum atomic E-state index is -3.83. The number of methoxy groups -OCH3 is 1. The van der Waals surface area contributed by atoms with Crippen LogP contribution in [0.25, 0.3) is 0 Å². The number of hydrogen-bond donors (Lipinski definition) is 1. The fourth-order valence-corrected chi connectivity index (χ4v) is 4.41. The molecule has 0 aliphatic carbocycles. The Morgan fingerprint density at radius 3 is 2.26 bits per heavy atom. The van der Waals surface area contributed by atoms with Crippen molar-refractivity contribution in [2.24, 2.45) is 0 Å². The molecule has 146 valence electrons. The van der Waals surface area contributed by atoms with Crippen LogP contribution in [-0.2, 0) is 10.0 Å². The molecule has 0 atom stereocenters. The highest BCUT2D eigenvalue weighted by molar-refractivity contribution is 7.92. The standard InChI is InChI=1S/C19H26N4O3S/c1-14-12-16(26-3)17(13-15(14)2)27(24,25)22-18-8-9-19(21-20-18)23-10-6-4-5-7-11-23/h8-9,12-13H,4-7,10-11H2,1-3H3,(H,20,22). The minimum Gasteiger partial charge on any atom is -0.495 e. The minimum absolute atomic E-state index is 0.0893. The highest BCUT2D eigenvalue weighted by atomic mass is 32.2. The molecule has 0 radical (unpaired) electrons. The van der Waals surface area contributed by atoms with Gasteiger partial charge in [-0.15, -0.1) is 10.2 Å². The molecule has 1 aliphatic heterocycles. The molecule has 0 amide bonds. The van der Waals surface area contributed by atoms with Gasteiger partial charge < -0.3 is 9.64 Å². The third-order valence-corrected chi connectivity index (χ3v) is 6.26. The normalized spacial score (nSPS) is 15.3. The van der Waals surface area contributed by atoms with Crippen molar-refractivity contribution in [3.63, 3.8) is 0 Å². The summed E-state index contributed by atoms with van der Waals surface area (Å²) in [5, 5.41) is 8.28. The maximum Gasteiger partial charge on any atom is 0.266 e. The molecule has 1 aliphatic rings. The number of ether oxygens (including phenoxy) is 1. The summed E-state index contributed by atoms with van der Waals surface area (Å²) >= 11 is 0. The van der Waals surface area contributed by atoms with Crippen molar-refractivity contribution in [1.82, 2.24) is 10.2 Å². The van der Waals surface area contributed by atoms with Crippen LogP contribution >= 0.6 is 0 Å². The van der Waals surface area contributed by atoms with Gasteiger partial charge in [0.2, 0.25) is 0 Å². The van der Waals surface area contributed by atoms with E-state index < -0.39 is 10.0 Å². The van der Waals surface area contributed by atoms with Crippen molar-refractivity contribution in [2.75, 3.05) is 29.8 Å². The van der Waals surface area contributed by atoms with E-state index >= 15 is 0 Å². The van der Waals surface area contributed by atoms with Crippen LogP contribution in [0, 0.1) is 13.8 Å². The van der Waals surface area contributed by atoms with Crippen LogP contribution < -0.4 is 14.4 Å². The Bertz CT molecular complexity index is 890. The van der Waals surface area contributed by atoms with Crippen LogP contribution in [0.1, 0.15) is 36.8 Å². The molecule has 1 saturated heterocycles. The summed E-state index contributed by atoms with van der Waals surface area (Å²) in [4.78, 5) is 2.29. The van der Waals surface area contributed by atoms with Crippen LogP contribution in [0.15, 0.2) is 29.2 Å². The Hall–Kier alpha value is -2.35. The zero-order valence-corrected chi connectivity index (χ0v) is 16.8. The second kappa shape index (κ2) is 8.12. The van der Waals surface area contributed by atoms with E-state index in [1.54, 1.807) is 18.2 Å². The van der Waals surface area contributed by atoms with Crippen LogP contribution in [0.5, 0.6) is 5.75 Å². The smallest absolute Gasteiger partial charge is 0.266 e. The first-order valence-corrected chi connectivity index (χ1v) is 10.7. The molecule has 0 unspecified atom stereocenters. The summed E-state index contributed by atoms with van der Waals surface area (Å²) in [6.07, 6.45) is 4.75. The number of nitrogens with one attached hydrogen (secondary N) is 1. The molecule has 1 fully saturated rings. The third kappa shape index (κ3) is 4.50. The van der Waals surface area contributed by atoms with Gasteiger partial charge in [0.05, 0.1) is 7.11 Å². The number of hydrogen-bond acceptors (Lipinski definition) is 6. The SMILES string of the molecule is COc1cc(C)c(C)cc1S(=O)(=O)Nc1ccc(N2CCCCCC2)nn1. The molecule has 7 nitrogen and oxygen atoms in total. The molecule has 0 saturated carbocycles. The third-order valence-electron chi connectivity index (χ3n) is 4.89. The van der Waals surface area contributed by atoms with Crippen molar-refractivity contribution >= 4 is 21.7 Å². The lowest BCUT2D eigenvalue weighted by molar-refractivity contribution is 0.402. The van der Waals surface area contributed by atoms with Gasteiger partial charge in [0, 0.05) is 13.1 Å². The summed E-state index contributed by atoms with van der Waals surface area (Å²) in [5.41, 5.74) is 1.84. The fraction of sp³-hybridized carbons (Fsp3) is 0.474. The van der Waals surface area contributed by atoms with E-state index in [1.807, 2.05) is 19.9 Å². The van der Waals surface area contributed by atoms with Crippen molar-refractivity contribution in [1.29, 1.82) is 0 Å². The van der Waals surface area contributed by atoms with Gasteiger partial charge in [0.1, 0.15) is 10.6 Å². The van der Waals surface area contributed by atoms with Crippen LogP contribution in [-0.4, -0.2) is 38.8 Å². The second-order valence-electron chi connectivity index (χ2n) is 6.87. The maximum absolute atomic E-state index is 12.8. The average molecular weight is 391 g/mol. The van der Waals surface area contributed by atoms with E-state index in [0.29, 0.717) is 5.75 Å². The highest BCUT2D eigenvalue weighted by Gasteiger charge is 2.22. The Morgan fingerprint density at radius 1 is 1.00 bits per heavy atom. The van der Waals surface area contributed by atoms with E-state index in [1.165, 1.54) is 20.0 Å². The molecule has 27 heavy (non-hydrogen) atoms. The Labute approximate surface area is 160 Å². The van der Waals surface area contributed by atoms with Crippen LogP contribution in [0.2, 0.25) is 0 Å². The molecular formula is C19H26N4O3S. The van der Waals surface area contributed by atoms with Gasteiger partial charge in [-0.05, 0) is 62.1 Å². The molecule has 1 aromatic heterocycles. The molecule has 0 bridgehead atoms. The van der Waals surface area contributed by atoms with Gasteiger partial charge in [-0.25, -0.2) is 8.42 Å². The monoisotopic (exact) mass is 390 g/mol. The number of anilines is 2. The molecule has 2 aromatic rings. The Kier molecular flexibility index (Phi) is 5.84. The average Bonchev–Trinajstić information content (AvgIpc) is 2.93. The van der Waals surface area contributed by atoms with Gasteiger partial charge in [-0.1, -0.05) is 12.8 Å². The van der Waals surface area contributed by atoms with Gasteiger partial charge in [-0.2, -0.15) is 0 Å². The van der Waals surface area contributed by atoms with Crippen molar-refractivity contribution in [3.05, 3.63) is 35.4 Å². The van der Waals surface area contributed by atoms with Crippen LogP contribution in [0.3, 0.4) is 0 Å². The maximum atomic E-state index is 12.8. The fourth-order valence-electron chi connectivity index (χ4n) is 3.17. The molecule has 2 heterocycles. The molecular weight excluding hydrogens is 364 g/mol. The molecule has 8 heteroatoms. The predicted octanol–water partition coefficient (Wildman–Crippen LogP) is 3.28. The van der Waals surface area contributed by atoms with E-state index in [2.05, 4.69) is 19.8 Å². The van der Waals surface area contributed by atoms with Gasteiger partial charge in [-0.3, -0.25) is 4.72 Å². The van der Waals surface area contributed by atoms with Crippen molar-refractivity contribution in [2.45, 2.75) is 44.4 Å². The molecule has 1 aromatic carbocycles. The first-order valence-electron chi connectivity index (χ1n) is 9.17. The van der Waals surface area contributed by atoms with Crippen LogP contribution in [0.4, 0.5) is 11.6 Å². The molecule has 0 spiro atoms. The Balaban J connectivity index is 1.81. The van der Waals surface area contributed by atoms with Crippen molar-refractivity contribution < 1.29 is 13.2 Å². The van der Waals surface area contributed by atoms with E-state index in [-0.39, 0.29) is 10.7 Å². The van der Waals surface area contributed by atoms with Gasteiger partial charge in [0.15, 0.2) is 11.6 Å².